The molecular formula is C25H42O2. The number of ether oxygens (including phenoxy) is 1. The van der Waals surface area contributed by atoms with E-state index in [2.05, 4.69) is 20.8 Å². The van der Waals surface area contributed by atoms with Gasteiger partial charge in [-0.25, -0.2) is 0 Å². The number of carbonyl (C=O) groups excluding carboxylic acids is 1. The fraction of sp³-hybridized carbons (Fsp3) is 0.960. The molecule has 4 unspecified atom stereocenters. The van der Waals surface area contributed by atoms with Gasteiger partial charge in [-0.3, -0.25) is 4.79 Å². The van der Waals surface area contributed by atoms with Crippen molar-refractivity contribution >= 4 is 5.97 Å². The molecule has 0 heterocycles. The van der Waals surface area contributed by atoms with Crippen LogP contribution in [0.5, 0.6) is 0 Å². The minimum Gasteiger partial charge on any atom is -0.469 e. The largest absolute Gasteiger partial charge is 0.469 e. The zero-order valence-corrected chi connectivity index (χ0v) is 18.3. The Labute approximate surface area is 167 Å². The monoisotopic (exact) mass is 374 g/mol. The summed E-state index contributed by atoms with van der Waals surface area (Å²) >= 11 is 0. The van der Waals surface area contributed by atoms with E-state index in [1.807, 2.05) is 0 Å². The van der Waals surface area contributed by atoms with Crippen LogP contribution in [0.15, 0.2) is 0 Å². The Balaban J connectivity index is 1.49. The lowest BCUT2D eigenvalue weighted by Gasteiger charge is -2.61. The van der Waals surface area contributed by atoms with Crippen molar-refractivity contribution in [3.63, 3.8) is 0 Å². The predicted octanol–water partition coefficient (Wildman–Crippen LogP) is 6.62. The molecule has 0 spiro atoms. The van der Waals surface area contributed by atoms with Crippen LogP contribution in [0.25, 0.3) is 0 Å². The van der Waals surface area contributed by atoms with Crippen molar-refractivity contribution in [2.45, 2.75) is 97.8 Å². The van der Waals surface area contributed by atoms with Crippen LogP contribution >= 0.6 is 0 Å². The third-order valence-electron chi connectivity index (χ3n) is 10.4. The summed E-state index contributed by atoms with van der Waals surface area (Å²) < 4.78 is 4.89. The average Bonchev–Trinajstić information content (AvgIpc) is 3.02. The number of hydrogen-bond acceptors (Lipinski definition) is 2. The van der Waals surface area contributed by atoms with Crippen LogP contribution in [0.1, 0.15) is 97.8 Å². The van der Waals surface area contributed by atoms with Crippen molar-refractivity contribution in [3.8, 4) is 0 Å². The maximum absolute atomic E-state index is 11.6. The second kappa shape index (κ2) is 7.38. The first kappa shape index (κ1) is 19.8. The average molecular weight is 375 g/mol. The Morgan fingerprint density at radius 2 is 1.74 bits per heavy atom. The van der Waals surface area contributed by atoms with Crippen molar-refractivity contribution in [3.05, 3.63) is 0 Å². The molecule has 4 rings (SSSR count). The van der Waals surface area contributed by atoms with Gasteiger partial charge in [-0.1, -0.05) is 33.6 Å². The summed E-state index contributed by atoms with van der Waals surface area (Å²) in [7, 11) is 1.52. The van der Waals surface area contributed by atoms with E-state index in [1.165, 1.54) is 71.3 Å². The summed E-state index contributed by atoms with van der Waals surface area (Å²) in [5.41, 5.74) is 1.17. The van der Waals surface area contributed by atoms with Crippen LogP contribution in [0.3, 0.4) is 0 Å². The smallest absolute Gasteiger partial charge is 0.305 e. The number of hydrogen-bond donors (Lipinski definition) is 0. The van der Waals surface area contributed by atoms with Crippen LogP contribution in [-0.2, 0) is 9.53 Å². The first-order valence-corrected chi connectivity index (χ1v) is 12.0. The fourth-order valence-electron chi connectivity index (χ4n) is 8.92. The van der Waals surface area contributed by atoms with Gasteiger partial charge in [-0.2, -0.15) is 0 Å². The highest BCUT2D eigenvalue weighted by atomic mass is 16.5. The van der Waals surface area contributed by atoms with Gasteiger partial charge in [0.05, 0.1) is 7.11 Å². The first-order valence-electron chi connectivity index (χ1n) is 12.0. The number of esters is 1. The molecule has 4 aliphatic carbocycles. The maximum atomic E-state index is 11.6. The summed E-state index contributed by atoms with van der Waals surface area (Å²) in [4.78, 5) is 11.6. The SMILES string of the molecule is COC(=O)CC[C@@H](C)[C@H]1CCC2C3CCC4CCCC[C@]4(C)C3CC[C@@]21C. The Morgan fingerprint density at radius 3 is 2.52 bits per heavy atom. The van der Waals surface area contributed by atoms with Crippen molar-refractivity contribution in [2.75, 3.05) is 7.11 Å². The predicted molar refractivity (Wildman–Crippen MR) is 110 cm³/mol. The molecule has 0 saturated heterocycles. The van der Waals surface area contributed by atoms with Gasteiger partial charge < -0.3 is 4.74 Å². The third kappa shape index (κ3) is 3.18. The lowest BCUT2D eigenvalue weighted by atomic mass is 9.44. The second-order valence-corrected chi connectivity index (χ2v) is 11.2. The van der Waals surface area contributed by atoms with E-state index in [9.17, 15) is 4.79 Å². The molecular weight excluding hydrogens is 332 g/mol. The molecule has 2 heteroatoms. The van der Waals surface area contributed by atoms with Crippen molar-refractivity contribution in [1.82, 2.24) is 0 Å². The van der Waals surface area contributed by atoms with E-state index in [-0.39, 0.29) is 5.97 Å². The molecule has 0 N–H and O–H groups in total. The summed E-state index contributed by atoms with van der Waals surface area (Å²) in [6.45, 7) is 7.73. The highest BCUT2D eigenvalue weighted by Gasteiger charge is 2.60. The zero-order chi connectivity index (χ0) is 19.2. The summed E-state index contributed by atoms with van der Waals surface area (Å²) in [6.07, 6.45) is 16.4. The topological polar surface area (TPSA) is 26.3 Å². The molecule has 8 atom stereocenters. The number of methoxy groups -OCH3 is 1. The molecule has 4 saturated carbocycles. The molecule has 0 amide bonds. The second-order valence-electron chi connectivity index (χ2n) is 11.2. The van der Waals surface area contributed by atoms with Crippen LogP contribution in [0.4, 0.5) is 0 Å². The number of fused-ring (bicyclic) bond motifs is 5. The van der Waals surface area contributed by atoms with Crippen molar-refractivity contribution < 1.29 is 9.53 Å². The molecule has 4 fully saturated rings. The van der Waals surface area contributed by atoms with E-state index < -0.39 is 0 Å². The number of carbonyl (C=O) groups is 1. The molecule has 0 aromatic rings. The van der Waals surface area contributed by atoms with Gasteiger partial charge in [0, 0.05) is 6.42 Å². The van der Waals surface area contributed by atoms with Gasteiger partial charge in [-0.05, 0) is 104 Å². The van der Waals surface area contributed by atoms with E-state index in [0.29, 0.717) is 23.2 Å². The first-order chi connectivity index (χ1) is 12.9. The summed E-state index contributed by atoms with van der Waals surface area (Å²) in [5.74, 6) is 5.38. The Hall–Kier alpha value is -0.530. The molecule has 2 nitrogen and oxygen atoms in total. The van der Waals surface area contributed by atoms with Gasteiger partial charge in [0.25, 0.3) is 0 Å². The minimum absolute atomic E-state index is 0.0335. The molecule has 0 radical (unpaired) electrons. The third-order valence-corrected chi connectivity index (χ3v) is 10.4. The van der Waals surface area contributed by atoms with Crippen LogP contribution in [0.2, 0.25) is 0 Å². The summed E-state index contributed by atoms with van der Waals surface area (Å²) in [5, 5.41) is 0. The minimum atomic E-state index is -0.0335. The highest BCUT2D eigenvalue weighted by Crippen LogP contribution is 2.68. The van der Waals surface area contributed by atoms with Gasteiger partial charge in [0.15, 0.2) is 0 Å². The van der Waals surface area contributed by atoms with E-state index in [1.54, 1.807) is 0 Å². The standard InChI is InChI=1S/C25H42O2/c1-17(8-13-23(26)27-4)20-11-12-21-19-10-9-18-7-5-6-15-24(18,2)22(19)14-16-25(20,21)3/h17-22H,5-16H2,1-4H3/t17-,18?,19?,20-,21?,22?,24+,25-/m1/s1. The Morgan fingerprint density at radius 1 is 0.963 bits per heavy atom. The maximum Gasteiger partial charge on any atom is 0.305 e. The quantitative estimate of drug-likeness (QED) is 0.517. The van der Waals surface area contributed by atoms with Gasteiger partial charge >= 0.3 is 5.97 Å². The van der Waals surface area contributed by atoms with Crippen LogP contribution in [0, 0.1) is 46.3 Å². The molecule has 0 aromatic carbocycles. The van der Waals surface area contributed by atoms with Gasteiger partial charge in [0.2, 0.25) is 0 Å². The van der Waals surface area contributed by atoms with E-state index >= 15 is 0 Å². The van der Waals surface area contributed by atoms with Crippen LogP contribution in [-0.4, -0.2) is 13.1 Å². The van der Waals surface area contributed by atoms with Gasteiger partial charge in [-0.15, -0.1) is 0 Å². The summed E-state index contributed by atoms with van der Waals surface area (Å²) in [6, 6.07) is 0. The lowest BCUT2D eigenvalue weighted by molar-refractivity contribution is -0.141. The molecule has 154 valence electrons. The molecule has 0 aromatic heterocycles. The Bertz CT molecular complexity index is 557. The highest BCUT2D eigenvalue weighted by molar-refractivity contribution is 5.69. The normalized spacial score (nSPS) is 47.5. The van der Waals surface area contributed by atoms with E-state index in [0.717, 1.165) is 36.0 Å². The van der Waals surface area contributed by atoms with Crippen molar-refractivity contribution in [1.29, 1.82) is 0 Å². The molecule has 0 bridgehead atoms. The Kier molecular flexibility index (Phi) is 5.40. The fourth-order valence-corrected chi connectivity index (χ4v) is 8.92. The lowest BCUT2D eigenvalue weighted by Crippen LogP contribution is -2.53. The molecule has 27 heavy (non-hydrogen) atoms. The zero-order valence-electron chi connectivity index (χ0n) is 18.3. The van der Waals surface area contributed by atoms with Gasteiger partial charge in [0.1, 0.15) is 0 Å². The van der Waals surface area contributed by atoms with Crippen molar-refractivity contribution in [2.24, 2.45) is 46.3 Å². The molecule has 0 aliphatic heterocycles. The van der Waals surface area contributed by atoms with E-state index in [4.69, 9.17) is 4.74 Å². The molecule has 4 aliphatic rings. The number of rotatable bonds is 4. The van der Waals surface area contributed by atoms with Crippen LogP contribution < -0.4 is 0 Å².